The lowest BCUT2D eigenvalue weighted by Crippen LogP contribution is -2.55. The molecule has 0 bridgehead atoms. The van der Waals surface area contributed by atoms with E-state index in [9.17, 15) is 22.4 Å². The molecule has 4 rings (SSSR count). The van der Waals surface area contributed by atoms with Crippen LogP contribution in [0.5, 0.6) is 0 Å². The number of amides is 2. The Morgan fingerprint density at radius 1 is 0.952 bits per heavy atom. The molecule has 3 aromatic rings. The summed E-state index contributed by atoms with van der Waals surface area (Å²) in [5, 5.41) is 3.49. The van der Waals surface area contributed by atoms with Crippen molar-refractivity contribution >= 4 is 50.7 Å². The molecule has 0 aliphatic heterocycles. The summed E-state index contributed by atoms with van der Waals surface area (Å²) in [5.74, 6) is -1.59. The first-order valence-electron chi connectivity index (χ1n) is 13.8. The van der Waals surface area contributed by atoms with Gasteiger partial charge in [-0.25, -0.2) is 12.8 Å². The second-order valence-corrected chi connectivity index (χ2v) is 13.3. The molecule has 3 aromatic carbocycles. The number of nitrogens with one attached hydrogen (secondary N) is 1. The van der Waals surface area contributed by atoms with Crippen molar-refractivity contribution in [2.75, 3.05) is 17.1 Å². The van der Waals surface area contributed by atoms with Gasteiger partial charge in [-0.1, -0.05) is 91.0 Å². The number of anilines is 1. The van der Waals surface area contributed by atoms with Gasteiger partial charge in [-0.05, 0) is 42.7 Å². The summed E-state index contributed by atoms with van der Waals surface area (Å²) in [4.78, 5) is 29.3. The first kappa shape index (κ1) is 31.8. The van der Waals surface area contributed by atoms with Crippen LogP contribution in [0.15, 0.2) is 72.8 Å². The van der Waals surface area contributed by atoms with Crippen LogP contribution in [-0.4, -0.2) is 50.0 Å². The molecule has 7 nitrogen and oxygen atoms in total. The van der Waals surface area contributed by atoms with Gasteiger partial charge in [0.15, 0.2) is 0 Å². The minimum Gasteiger partial charge on any atom is -0.352 e. The Kier molecular flexibility index (Phi) is 10.9. The van der Waals surface area contributed by atoms with E-state index >= 15 is 0 Å². The van der Waals surface area contributed by atoms with Crippen molar-refractivity contribution in [2.24, 2.45) is 0 Å². The maximum Gasteiger partial charge on any atom is 0.244 e. The molecule has 1 saturated carbocycles. The molecule has 0 aromatic heterocycles. The van der Waals surface area contributed by atoms with E-state index in [-0.39, 0.29) is 46.2 Å². The fourth-order valence-electron chi connectivity index (χ4n) is 5.21. The third-order valence-corrected chi connectivity index (χ3v) is 8.91. The Balaban J connectivity index is 1.74. The molecule has 0 radical (unpaired) electrons. The lowest BCUT2D eigenvalue weighted by atomic mass is 9.94. The topological polar surface area (TPSA) is 86.8 Å². The molecule has 224 valence electrons. The van der Waals surface area contributed by atoms with Crippen molar-refractivity contribution in [2.45, 2.75) is 57.2 Å². The fraction of sp³-hybridized carbons (Fsp3) is 0.355. The van der Waals surface area contributed by atoms with Gasteiger partial charge in [0.05, 0.1) is 11.9 Å². The number of hydrogen-bond acceptors (Lipinski definition) is 4. The second-order valence-electron chi connectivity index (χ2n) is 10.6. The van der Waals surface area contributed by atoms with Crippen molar-refractivity contribution in [1.82, 2.24) is 10.2 Å². The number of hydrogen-bond donors (Lipinski definition) is 1. The Morgan fingerprint density at radius 3 is 2.19 bits per heavy atom. The lowest BCUT2D eigenvalue weighted by Gasteiger charge is -2.35. The first-order valence-corrected chi connectivity index (χ1v) is 16.4. The number of rotatable bonds is 11. The first-order chi connectivity index (χ1) is 20.0. The van der Waals surface area contributed by atoms with Gasteiger partial charge in [-0.2, -0.15) is 0 Å². The van der Waals surface area contributed by atoms with Crippen LogP contribution >= 0.6 is 23.2 Å². The lowest BCUT2D eigenvalue weighted by molar-refractivity contribution is -0.140. The molecule has 1 aliphatic carbocycles. The molecule has 0 spiro atoms. The molecular weight excluding hydrogens is 600 g/mol. The van der Waals surface area contributed by atoms with Gasteiger partial charge in [0.25, 0.3) is 0 Å². The highest BCUT2D eigenvalue weighted by Gasteiger charge is 2.34. The van der Waals surface area contributed by atoms with E-state index in [1.165, 1.54) is 35.2 Å². The molecule has 1 atom stereocenters. The molecule has 11 heteroatoms. The normalized spacial score (nSPS) is 14.7. The molecule has 1 aliphatic rings. The third kappa shape index (κ3) is 8.69. The molecule has 0 saturated heterocycles. The number of benzene rings is 3. The Morgan fingerprint density at radius 2 is 1.57 bits per heavy atom. The highest BCUT2D eigenvalue weighted by Crippen LogP contribution is 2.28. The van der Waals surface area contributed by atoms with Gasteiger partial charge in [0.1, 0.15) is 18.4 Å². The van der Waals surface area contributed by atoms with Crippen molar-refractivity contribution in [1.29, 1.82) is 0 Å². The molecule has 42 heavy (non-hydrogen) atoms. The SMILES string of the molecule is CS(=O)(=O)N(CC(=O)N(Cc1ccccc1F)C(Cc1ccccc1)C(=O)NC1CCCCC1)c1cc(Cl)cc(Cl)c1. The smallest absolute Gasteiger partial charge is 0.244 e. The average Bonchev–Trinajstić information content (AvgIpc) is 2.94. The zero-order chi connectivity index (χ0) is 30.3. The predicted molar refractivity (Wildman–Crippen MR) is 165 cm³/mol. The van der Waals surface area contributed by atoms with Crippen LogP contribution in [0.3, 0.4) is 0 Å². The minimum absolute atomic E-state index is 0.0314. The van der Waals surface area contributed by atoms with Gasteiger partial charge < -0.3 is 10.2 Å². The maximum absolute atomic E-state index is 14.9. The van der Waals surface area contributed by atoms with Crippen LogP contribution in [0.25, 0.3) is 0 Å². The predicted octanol–water partition coefficient (Wildman–Crippen LogP) is 5.99. The zero-order valence-corrected chi connectivity index (χ0v) is 25.6. The van der Waals surface area contributed by atoms with Crippen LogP contribution in [0.1, 0.15) is 43.2 Å². The van der Waals surface area contributed by atoms with E-state index in [2.05, 4.69) is 5.32 Å². The van der Waals surface area contributed by atoms with Crippen LogP contribution in [0.4, 0.5) is 10.1 Å². The standard InChI is InChI=1S/C31H34Cl2FN3O4S/c1-42(40,41)37(27-18-24(32)17-25(33)19-27)21-30(38)36(20-23-12-8-9-15-28(23)34)29(16-22-10-4-2-5-11-22)31(39)35-26-13-6-3-7-14-26/h2,4-5,8-12,15,17-19,26,29H,3,6-7,13-14,16,20-21H2,1H3,(H,35,39). The minimum atomic E-state index is -3.99. The van der Waals surface area contributed by atoms with Gasteiger partial charge in [-0.3, -0.25) is 13.9 Å². The van der Waals surface area contributed by atoms with Crippen molar-refractivity contribution in [3.8, 4) is 0 Å². The zero-order valence-electron chi connectivity index (χ0n) is 23.3. The summed E-state index contributed by atoms with van der Waals surface area (Å²) < 4.78 is 41.6. The van der Waals surface area contributed by atoms with Crippen LogP contribution in [0.2, 0.25) is 10.0 Å². The Labute approximate surface area is 256 Å². The van der Waals surface area contributed by atoms with E-state index in [0.29, 0.717) is 0 Å². The van der Waals surface area contributed by atoms with Gasteiger partial charge in [0, 0.05) is 34.6 Å². The maximum atomic E-state index is 14.9. The van der Waals surface area contributed by atoms with E-state index in [1.807, 2.05) is 30.3 Å². The molecule has 1 N–H and O–H groups in total. The quantitative estimate of drug-likeness (QED) is 0.281. The summed E-state index contributed by atoms with van der Waals surface area (Å²) in [7, 11) is -3.99. The highest BCUT2D eigenvalue weighted by molar-refractivity contribution is 7.92. The summed E-state index contributed by atoms with van der Waals surface area (Å²) >= 11 is 12.3. The van der Waals surface area contributed by atoms with E-state index < -0.39 is 34.3 Å². The molecule has 0 heterocycles. The second kappa shape index (κ2) is 14.4. The van der Waals surface area contributed by atoms with E-state index in [4.69, 9.17) is 23.2 Å². The number of nitrogens with zero attached hydrogens (tertiary/aromatic N) is 2. The van der Waals surface area contributed by atoms with Gasteiger partial charge in [0.2, 0.25) is 21.8 Å². The highest BCUT2D eigenvalue weighted by atomic mass is 35.5. The number of sulfonamides is 1. The Bertz CT molecular complexity index is 1480. The monoisotopic (exact) mass is 633 g/mol. The third-order valence-electron chi connectivity index (χ3n) is 7.34. The fourth-order valence-corrected chi connectivity index (χ4v) is 6.55. The summed E-state index contributed by atoms with van der Waals surface area (Å²) in [6, 6.07) is 18.4. The largest absolute Gasteiger partial charge is 0.352 e. The Hall–Kier alpha value is -3.14. The van der Waals surface area contributed by atoms with Crippen molar-refractivity contribution in [3.63, 3.8) is 0 Å². The number of carbonyl (C=O) groups is 2. The number of carbonyl (C=O) groups excluding carboxylic acids is 2. The van der Waals surface area contributed by atoms with E-state index in [1.54, 1.807) is 12.1 Å². The molecule has 2 amide bonds. The van der Waals surface area contributed by atoms with Crippen LogP contribution in [-0.2, 0) is 32.6 Å². The molecule has 1 unspecified atom stereocenters. The summed E-state index contributed by atoms with van der Waals surface area (Å²) in [6.07, 6.45) is 5.89. The van der Waals surface area contributed by atoms with Crippen molar-refractivity contribution < 1.29 is 22.4 Å². The van der Waals surface area contributed by atoms with E-state index in [0.717, 1.165) is 48.2 Å². The molecule has 1 fully saturated rings. The van der Waals surface area contributed by atoms with Crippen molar-refractivity contribution in [3.05, 3.63) is 99.8 Å². The van der Waals surface area contributed by atoms with Crippen LogP contribution < -0.4 is 9.62 Å². The average molecular weight is 635 g/mol. The molecular formula is C31H34Cl2FN3O4S. The van der Waals surface area contributed by atoms with Gasteiger partial charge in [-0.15, -0.1) is 0 Å². The summed E-state index contributed by atoms with van der Waals surface area (Å²) in [6.45, 7) is -0.888. The number of halogens is 3. The summed E-state index contributed by atoms with van der Waals surface area (Å²) in [5.41, 5.74) is 1.10. The van der Waals surface area contributed by atoms with Crippen LogP contribution in [0, 0.1) is 5.82 Å². The van der Waals surface area contributed by atoms with Gasteiger partial charge >= 0.3 is 0 Å².